The predicted molar refractivity (Wildman–Crippen MR) is 70.8 cm³/mol. The molecule has 3 nitrogen and oxygen atoms in total. The molecule has 0 aromatic carbocycles. The Balaban J connectivity index is 2.22. The average Bonchev–Trinajstić information content (AvgIpc) is 2.32. The number of halogens is 1. The Kier molecular flexibility index (Phi) is 3.82. The maximum atomic E-state index is 12.4. The van der Waals surface area contributed by atoms with E-state index in [1.165, 1.54) is 6.42 Å². The molecule has 0 N–H and O–H groups in total. The van der Waals surface area contributed by atoms with Crippen molar-refractivity contribution in [1.82, 2.24) is 9.88 Å². The number of pyridine rings is 1. The SMILES string of the molecule is CC1CCC(C)N(C(=O)c2ncccc2Br)C1. The summed E-state index contributed by atoms with van der Waals surface area (Å²) in [5, 5.41) is 0. The number of piperidine rings is 1. The third kappa shape index (κ3) is 2.68. The minimum atomic E-state index is 0.0384. The highest BCUT2D eigenvalue weighted by Crippen LogP contribution is 2.24. The molecule has 2 rings (SSSR count). The lowest BCUT2D eigenvalue weighted by Crippen LogP contribution is -2.45. The zero-order valence-electron chi connectivity index (χ0n) is 10.2. The van der Waals surface area contributed by atoms with E-state index >= 15 is 0 Å². The van der Waals surface area contributed by atoms with Crippen molar-refractivity contribution >= 4 is 21.8 Å². The van der Waals surface area contributed by atoms with Crippen molar-refractivity contribution in [3.63, 3.8) is 0 Å². The molecule has 1 aromatic rings. The summed E-state index contributed by atoms with van der Waals surface area (Å²) in [5.41, 5.74) is 0.522. The number of hydrogen-bond donors (Lipinski definition) is 0. The fourth-order valence-corrected chi connectivity index (χ4v) is 2.68. The van der Waals surface area contributed by atoms with Crippen molar-refractivity contribution in [2.75, 3.05) is 6.54 Å². The van der Waals surface area contributed by atoms with Gasteiger partial charge in [0.05, 0.1) is 0 Å². The third-order valence-corrected chi connectivity index (χ3v) is 3.98. The molecule has 1 aliphatic heterocycles. The van der Waals surface area contributed by atoms with Crippen LogP contribution in [0, 0.1) is 5.92 Å². The zero-order valence-corrected chi connectivity index (χ0v) is 11.8. The number of nitrogens with zero attached hydrogens (tertiary/aromatic N) is 2. The highest BCUT2D eigenvalue weighted by atomic mass is 79.9. The van der Waals surface area contributed by atoms with Crippen molar-refractivity contribution < 1.29 is 4.79 Å². The summed E-state index contributed by atoms with van der Waals surface area (Å²) in [7, 11) is 0. The fourth-order valence-electron chi connectivity index (χ4n) is 2.25. The highest BCUT2D eigenvalue weighted by Gasteiger charge is 2.29. The standard InChI is InChI=1S/C13H17BrN2O/c1-9-5-6-10(2)16(8-9)13(17)12-11(14)4-3-7-15-12/h3-4,7,9-10H,5-6,8H2,1-2H3. The Morgan fingerprint density at radius 3 is 2.94 bits per heavy atom. The number of amides is 1. The van der Waals surface area contributed by atoms with Gasteiger partial charge >= 0.3 is 0 Å². The lowest BCUT2D eigenvalue weighted by molar-refractivity contribution is 0.0567. The first kappa shape index (κ1) is 12.6. The molecule has 0 spiro atoms. The molecule has 2 unspecified atom stereocenters. The summed E-state index contributed by atoms with van der Waals surface area (Å²) in [6.07, 6.45) is 3.95. The molecule has 1 amide bonds. The Hall–Kier alpha value is -0.900. The van der Waals surface area contributed by atoms with Crippen molar-refractivity contribution in [3.8, 4) is 0 Å². The molecule has 0 saturated carbocycles. The molecule has 2 atom stereocenters. The smallest absolute Gasteiger partial charge is 0.273 e. The molecule has 1 aliphatic rings. The lowest BCUT2D eigenvalue weighted by atomic mass is 9.95. The number of aromatic nitrogens is 1. The van der Waals surface area contributed by atoms with Crippen LogP contribution in [0.2, 0.25) is 0 Å². The maximum Gasteiger partial charge on any atom is 0.273 e. The molecule has 17 heavy (non-hydrogen) atoms. The van der Waals surface area contributed by atoms with Crippen LogP contribution in [-0.2, 0) is 0 Å². The minimum absolute atomic E-state index is 0.0384. The molecule has 0 bridgehead atoms. The molecule has 4 heteroatoms. The summed E-state index contributed by atoms with van der Waals surface area (Å²) in [6.45, 7) is 5.14. The van der Waals surface area contributed by atoms with Crippen LogP contribution < -0.4 is 0 Å². The van der Waals surface area contributed by atoms with Gasteiger partial charge in [-0.05, 0) is 53.7 Å². The largest absolute Gasteiger partial charge is 0.334 e. The van der Waals surface area contributed by atoms with Crippen LogP contribution in [0.3, 0.4) is 0 Å². The van der Waals surface area contributed by atoms with Gasteiger partial charge in [-0.3, -0.25) is 4.79 Å². The second kappa shape index (κ2) is 5.17. The van der Waals surface area contributed by atoms with Crippen LogP contribution in [0.15, 0.2) is 22.8 Å². The molecule has 0 aliphatic carbocycles. The summed E-state index contributed by atoms with van der Waals surface area (Å²) >= 11 is 3.39. The minimum Gasteiger partial charge on any atom is -0.334 e. The van der Waals surface area contributed by atoms with Crippen molar-refractivity contribution in [1.29, 1.82) is 0 Å². The van der Waals surface area contributed by atoms with Crippen molar-refractivity contribution in [2.45, 2.75) is 32.7 Å². The van der Waals surface area contributed by atoms with Gasteiger partial charge in [0, 0.05) is 23.3 Å². The van der Waals surface area contributed by atoms with E-state index in [1.807, 2.05) is 17.0 Å². The Bertz CT molecular complexity index is 422. The molecular weight excluding hydrogens is 280 g/mol. The molecule has 1 fully saturated rings. The maximum absolute atomic E-state index is 12.4. The van der Waals surface area contributed by atoms with Gasteiger partial charge in [0.2, 0.25) is 0 Å². The number of rotatable bonds is 1. The summed E-state index contributed by atoms with van der Waals surface area (Å²) in [6, 6.07) is 3.99. The quantitative estimate of drug-likeness (QED) is 0.798. The molecular formula is C13H17BrN2O. The second-order valence-electron chi connectivity index (χ2n) is 4.82. The van der Waals surface area contributed by atoms with Crippen molar-refractivity contribution in [2.24, 2.45) is 5.92 Å². The van der Waals surface area contributed by atoms with Gasteiger partial charge in [-0.15, -0.1) is 0 Å². The molecule has 1 aromatic heterocycles. The number of carbonyl (C=O) groups excluding carboxylic acids is 1. The van der Waals surface area contributed by atoms with Gasteiger partial charge in [0.15, 0.2) is 0 Å². The summed E-state index contributed by atoms with van der Waals surface area (Å²) in [4.78, 5) is 18.5. The van der Waals surface area contributed by atoms with Gasteiger partial charge in [-0.25, -0.2) is 4.98 Å². The first-order valence-corrected chi connectivity index (χ1v) is 6.80. The Labute approximate surface area is 110 Å². The average molecular weight is 297 g/mol. The lowest BCUT2D eigenvalue weighted by Gasteiger charge is -2.36. The highest BCUT2D eigenvalue weighted by molar-refractivity contribution is 9.10. The van der Waals surface area contributed by atoms with E-state index in [0.29, 0.717) is 17.7 Å². The van der Waals surface area contributed by atoms with Crippen LogP contribution in [0.25, 0.3) is 0 Å². The molecule has 1 saturated heterocycles. The number of carbonyl (C=O) groups is 1. The number of likely N-dealkylation sites (tertiary alicyclic amines) is 1. The Morgan fingerprint density at radius 2 is 2.24 bits per heavy atom. The fraction of sp³-hybridized carbons (Fsp3) is 0.538. The van der Waals surface area contributed by atoms with E-state index in [1.54, 1.807) is 6.20 Å². The summed E-state index contributed by atoms with van der Waals surface area (Å²) in [5.74, 6) is 0.620. The predicted octanol–water partition coefficient (Wildman–Crippen LogP) is 3.10. The third-order valence-electron chi connectivity index (χ3n) is 3.34. The normalized spacial score (nSPS) is 24.8. The van der Waals surface area contributed by atoms with E-state index in [2.05, 4.69) is 34.8 Å². The zero-order chi connectivity index (χ0) is 12.4. The second-order valence-corrected chi connectivity index (χ2v) is 5.68. The van der Waals surface area contributed by atoms with Crippen LogP contribution in [-0.4, -0.2) is 28.4 Å². The first-order chi connectivity index (χ1) is 8.09. The molecule has 92 valence electrons. The van der Waals surface area contributed by atoms with Crippen LogP contribution in [0.4, 0.5) is 0 Å². The van der Waals surface area contributed by atoms with E-state index < -0.39 is 0 Å². The van der Waals surface area contributed by atoms with Gasteiger partial charge < -0.3 is 4.90 Å². The van der Waals surface area contributed by atoms with Gasteiger partial charge in [-0.1, -0.05) is 6.92 Å². The van der Waals surface area contributed by atoms with Gasteiger partial charge in [0.1, 0.15) is 5.69 Å². The van der Waals surface area contributed by atoms with E-state index in [-0.39, 0.29) is 5.91 Å². The van der Waals surface area contributed by atoms with E-state index in [4.69, 9.17) is 0 Å². The Morgan fingerprint density at radius 1 is 1.47 bits per heavy atom. The monoisotopic (exact) mass is 296 g/mol. The molecule has 2 heterocycles. The van der Waals surface area contributed by atoms with Gasteiger partial charge in [0.25, 0.3) is 5.91 Å². The topological polar surface area (TPSA) is 33.2 Å². The van der Waals surface area contributed by atoms with Crippen LogP contribution >= 0.6 is 15.9 Å². The summed E-state index contributed by atoms with van der Waals surface area (Å²) < 4.78 is 0.774. The first-order valence-electron chi connectivity index (χ1n) is 6.01. The molecule has 0 radical (unpaired) electrons. The van der Waals surface area contributed by atoms with E-state index in [9.17, 15) is 4.79 Å². The van der Waals surface area contributed by atoms with E-state index in [0.717, 1.165) is 17.4 Å². The van der Waals surface area contributed by atoms with Crippen molar-refractivity contribution in [3.05, 3.63) is 28.5 Å². The van der Waals surface area contributed by atoms with Crippen LogP contribution in [0.5, 0.6) is 0 Å². The van der Waals surface area contributed by atoms with Crippen LogP contribution in [0.1, 0.15) is 37.2 Å². The van der Waals surface area contributed by atoms with Gasteiger partial charge in [-0.2, -0.15) is 0 Å². The number of hydrogen-bond acceptors (Lipinski definition) is 2.